The fourth-order valence-electron chi connectivity index (χ4n) is 1.07. The number of halogens is 2. The first kappa shape index (κ1) is 12.5. The molecule has 82 valence electrons. The average molecular weight is 292 g/mol. The molecule has 0 heterocycles. The molecule has 0 aliphatic carbocycles. The maximum absolute atomic E-state index is 11.6. The lowest BCUT2D eigenvalue weighted by Gasteiger charge is -2.06. The molecule has 1 amide bonds. The van der Waals surface area contributed by atoms with Crippen LogP contribution in [-0.2, 0) is 0 Å². The minimum atomic E-state index is -0.166. The van der Waals surface area contributed by atoms with E-state index in [1.165, 1.54) is 0 Å². The van der Waals surface area contributed by atoms with Gasteiger partial charge in [-0.05, 0) is 31.2 Å². The van der Waals surface area contributed by atoms with E-state index in [2.05, 4.69) is 21.2 Å². The molecule has 0 fully saturated rings. The van der Waals surface area contributed by atoms with Crippen LogP contribution in [-0.4, -0.2) is 19.0 Å². The van der Waals surface area contributed by atoms with Gasteiger partial charge in [-0.3, -0.25) is 4.79 Å². The van der Waals surface area contributed by atoms with Gasteiger partial charge >= 0.3 is 0 Å². The molecule has 0 saturated carbocycles. The van der Waals surface area contributed by atoms with Crippen molar-refractivity contribution in [3.8, 4) is 0 Å². The molecule has 3 N–H and O–H groups in total. The molecule has 1 rings (SSSR count). The van der Waals surface area contributed by atoms with Gasteiger partial charge < -0.3 is 11.1 Å². The van der Waals surface area contributed by atoms with Crippen molar-refractivity contribution in [2.75, 3.05) is 13.1 Å². The van der Waals surface area contributed by atoms with E-state index in [-0.39, 0.29) is 5.91 Å². The second kappa shape index (κ2) is 6.10. The van der Waals surface area contributed by atoms with E-state index in [1.54, 1.807) is 18.2 Å². The number of nitrogens with two attached hydrogens (primary N) is 1. The monoisotopic (exact) mass is 290 g/mol. The van der Waals surface area contributed by atoms with Crippen molar-refractivity contribution in [3.63, 3.8) is 0 Å². The molecule has 0 radical (unpaired) electrons. The fraction of sp³-hybridized carbons (Fsp3) is 0.300. The summed E-state index contributed by atoms with van der Waals surface area (Å²) >= 11 is 9.20. The van der Waals surface area contributed by atoms with Crippen LogP contribution in [0, 0.1) is 0 Å². The molecule has 0 aliphatic rings. The molecule has 0 saturated heterocycles. The number of amides is 1. The van der Waals surface area contributed by atoms with Gasteiger partial charge in [0.15, 0.2) is 0 Å². The maximum atomic E-state index is 11.6. The average Bonchev–Trinajstić information content (AvgIpc) is 2.17. The molecule has 0 unspecified atom stereocenters. The van der Waals surface area contributed by atoms with E-state index in [9.17, 15) is 4.79 Å². The van der Waals surface area contributed by atoms with Gasteiger partial charge in [0, 0.05) is 11.0 Å². The van der Waals surface area contributed by atoms with Gasteiger partial charge in [0.25, 0.3) is 5.91 Å². The lowest BCUT2D eigenvalue weighted by Crippen LogP contribution is -2.26. The van der Waals surface area contributed by atoms with Gasteiger partial charge in [-0.2, -0.15) is 0 Å². The van der Waals surface area contributed by atoms with Crippen molar-refractivity contribution >= 4 is 33.4 Å². The number of hydrogen-bond donors (Lipinski definition) is 2. The Morgan fingerprint density at radius 1 is 1.53 bits per heavy atom. The van der Waals surface area contributed by atoms with Crippen molar-refractivity contribution < 1.29 is 4.79 Å². The predicted molar refractivity (Wildman–Crippen MR) is 65.2 cm³/mol. The minimum absolute atomic E-state index is 0.166. The zero-order chi connectivity index (χ0) is 11.3. The second-order valence-corrected chi connectivity index (χ2v) is 4.35. The van der Waals surface area contributed by atoms with E-state index in [0.717, 1.165) is 10.9 Å². The lowest BCUT2D eigenvalue weighted by atomic mass is 10.2. The Balaban J connectivity index is 2.65. The summed E-state index contributed by atoms with van der Waals surface area (Å²) in [5.74, 6) is -0.166. The van der Waals surface area contributed by atoms with Gasteiger partial charge in [-0.15, -0.1) is 0 Å². The third kappa shape index (κ3) is 3.81. The van der Waals surface area contributed by atoms with E-state index in [0.29, 0.717) is 23.7 Å². The van der Waals surface area contributed by atoms with Gasteiger partial charge in [-0.1, -0.05) is 27.5 Å². The summed E-state index contributed by atoms with van der Waals surface area (Å²) in [5.41, 5.74) is 5.80. The van der Waals surface area contributed by atoms with Crippen LogP contribution in [0.3, 0.4) is 0 Å². The Bertz CT molecular complexity index is 357. The Morgan fingerprint density at radius 3 is 2.87 bits per heavy atom. The molecule has 15 heavy (non-hydrogen) atoms. The number of carbonyl (C=O) groups excluding carboxylic acids is 1. The summed E-state index contributed by atoms with van der Waals surface area (Å²) in [6.45, 7) is 1.13. The van der Waals surface area contributed by atoms with Gasteiger partial charge in [0.2, 0.25) is 0 Å². The van der Waals surface area contributed by atoms with Crippen molar-refractivity contribution in [3.05, 3.63) is 33.3 Å². The summed E-state index contributed by atoms with van der Waals surface area (Å²) in [4.78, 5) is 11.6. The van der Waals surface area contributed by atoms with Gasteiger partial charge in [0.1, 0.15) is 0 Å². The zero-order valence-electron chi connectivity index (χ0n) is 8.09. The summed E-state index contributed by atoms with van der Waals surface area (Å²) in [6.07, 6.45) is 0.764. The van der Waals surface area contributed by atoms with Crippen molar-refractivity contribution in [2.45, 2.75) is 6.42 Å². The standard InChI is InChI=1S/C10H12BrClN2O/c11-7-2-3-8(9(12)6-7)10(15)14-5-1-4-13/h2-3,6H,1,4-5,13H2,(H,14,15). The van der Waals surface area contributed by atoms with Crippen LogP contribution in [0.25, 0.3) is 0 Å². The number of carbonyl (C=O) groups is 1. The summed E-state index contributed by atoms with van der Waals surface area (Å²) in [5, 5.41) is 3.18. The van der Waals surface area contributed by atoms with Gasteiger partial charge in [0.05, 0.1) is 10.6 Å². The Hall–Kier alpha value is -0.580. The highest BCUT2D eigenvalue weighted by molar-refractivity contribution is 9.10. The Kier molecular flexibility index (Phi) is 5.08. The van der Waals surface area contributed by atoms with Crippen LogP contribution in [0.5, 0.6) is 0 Å². The van der Waals surface area contributed by atoms with E-state index < -0.39 is 0 Å². The third-order valence-corrected chi connectivity index (χ3v) is 2.65. The summed E-state index contributed by atoms with van der Waals surface area (Å²) in [7, 11) is 0. The highest BCUT2D eigenvalue weighted by Crippen LogP contribution is 2.21. The van der Waals surface area contributed by atoms with Crippen LogP contribution >= 0.6 is 27.5 Å². The van der Waals surface area contributed by atoms with E-state index in [1.807, 2.05) is 0 Å². The van der Waals surface area contributed by atoms with Crippen molar-refractivity contribution in [1.82, 2.24) is 5.32 Å². The smallest absolute Gasteiger partial charge is 0.252 e. The molecule has 1 aromatic rings. The largest absolute Gasteiger partial charge is 0.352 e. The first-order chi connectivity index (χ1) is 7.15. The highest BCUT2D eigenvalue weighted by Gasteiger charge is 2.09. The number of nitrogens with one attached hydrogen (secondary N) is 1. The normalized spacial score (nSPS) is 10.1. The number of rotatable bonds is 4. The first-order valence-corrected chi connectivity index (χ1v) is 5.75. The van der Waals surface area contributed by atoms with Crippen LogP contribution in [0.4, 0.5) is 0 Å². The molecule has 1 aromatic carbocycles. The van der Waals surface area contributed by atoms with Crippen molar-refractivity contribution in [2.24, 2.45) is 5.73 Å². The predicted octanol–water partition coefficient (Wildman–Crippen LogP) is 2.18. The quantitative estimate of drug-likeness (QED) is 0.836. The zero-order valence-corrected chi connectivity index (χ0v) is 10.4. The summed E-state index contributed by atoms with van der Waals surface area (Å²) in [6, 6.07) is 5.16. The molecule has 0 atom stereocenters. The van der Waals surface area contributed by atoms with Crippen LogP contribution in [0.1, 0.15) is 16.8 Å². The maximum Gasteiger partial charge on any atom is 0.252 e. The van der Waals surface area contributed by atoms with E-state index in [4.69, 9.17) is 17.3 Å². The molecular weight excluding hydrogens is 279 g/mol. The Morgan fingerprint density at radius 2 is 2.27 bits per heavy atom. The SMILES string of the molecule is NCCCNC(=O)c1ccc(Br)cc1Cl. The molecule has 0 aliphatic heterocycles. The molecule has 0 aromatic heterocycles. The number of benzene rings is 1. The van der Waals surface area contributed by atoms with Crippen LogP contribution in [0.2, 0.25) is 5.02 Å². The third-order valence-electron chi connectivity index (χ3n) is 1.84. The lowest BCUT2D eigenvalue weighted by molar-refractivity contribution is 0.0953. The minimum Gasteiger partial charge on any atom is -0.352 e. The summed E-state index contributed by atoms with van der Waals surface area (Å²) < 4.78 is 0.853. The van der Waals surface area contributed by atoms with Crippen LogP contribution in [0.15, 0.2) is 22.7 Å². The molecule has 5 heteroatoms. The first-order valence-electron chi connectivity index (χ1n) is 4.58. The topological polar surface area (TPSA) is 55.1 Å². The van der Waals surface area contributed by atoms with Gasteiger partial charge in [-0.25, -0.2) is 0 Å². The molecular formula is C10H12BrClN2O. The number of hydrogen-bond acceptors (Lipinski definition) is 2. The molecule has 0 bridgehead atoms. The molecule has 3 nitrogen and oxygen atoms in total. The Labute approximate surface area is 102 Å². The van der Waals surface area contributed by atoms with E-state index >= 15 is 0 Å². The fourth-order valence-corrected chi connectivity index (χ4v) is 1.83. The van der Waals surface area contributed by atoms with Crippen molar-refractivity contribution in [1.29, 1.82) is 0 Å². The highest BCUT2D eigenvalue weighted by atomic mass is 79.9. The van der Waals surface area contributed by atoms with Crippen LogP contribution < -0.4 is 11.1 Å². The molecule has 0 spiro atoms. The second-order valence-electron chi connectivity index (χ2n) is 3.02.